The van der Waals surface area contributed by atoms with Gasteiger partial charge in [-0.2, -0.15) is 10.2 Å². The SMILES string of the molecule is COCOc1cc(-c2cnn(C3CCCCO3)c2)ccc1-n1cc2sc(N(C)C3C[C@H]4CC[C@@H](C3)N4C(=O)OC(C)(C)C)cc2n1. The molecule has 4 atom stereocenters. The Kier molecular flexibility index (Phi) is 8.45. The van der Waals surface area contributed by atoms with Crippen molar-refractivity contribution in [1.29, 1.82) is 0 Å². The summed E-state index contributed by atoms with van der Waals surface area (Å²) in [5.41, 5.74) is 3.30. The van der Waals surface area contributed by atoms with E-state index < -0.39 is 5.60 Å². The number of benzene rings is 1. The lowest BCUT2D eigenvalue weighted by molar-refractivity contribution is -0.0394. The van der Waals surface area contributed by atoms with Gasteiger partial charge in [0.15, 0.2) is 6.79 Å². The number of rotatable bonds is 8. The number of fused-ring (bicyclic) bond motifs is 3. The summed E-state index contributed by atoms with van der Waals surface area (Å²) in [6.07, 6.45) is 13.0. The van der Waals surface area contributed by atoms with Gasteiger partial charge in [0, 0.05) is 62.9 Å². The molecule has 3 aromatic heterocycles. The minimum atomic E-state index is -0.484. The van der Waals surface area contributed by atoms with Crippen LogP contribution in [0.3, 0.4) is 0 Å². The largest absolute Gasteiger partial charge is 0.465 e. The molecule has 46 heavy (non-hydrogen) atoms. The molecule has 12 heteroatoms. The topological polar surface area (TPSA) is 96.1 Å². The Hall–Kier alpha value is -3.61. The number of amides is 1. The van der Waals surface area contributed by atoms with Gasteiger partial charge in [0.25, 0.3) is 0 Å². The molecule has 0 N–H and O–H groups in total. The molecule has 0 aliphatic carbocycles. The summed E-state index contributed by atoms with van der Waals surface area (Å²) in [6, 6.07) is 9.11. The van der Waals surface area contributed by atoms with Crippen molar-refractivity contribution in [1.82, 2.24) is 24.5 Å². The number of aromatic nitrogens is 4. The lowest BCUT2D eigenvalue weighted by Gasteiger charge is -2.42. The fraction of sp³-hybridized carbons (Fsp3) is 0.559. The van der Waals surface area contributed by atoms with E-state index in [0.29, 0.717) is 11.8 Å². The average molecular weight is 649 g/mol. The number of nitrogens with zero attached hydrogens (tertiary/aromatic N) is 6. The minimum Gasteiger partial charge on any atom is -0.465 e. The molecule has 11 nitrogen and oxygen atoms in total. The molecule has 0 saturated carbocycles. The maximum Gasteiger partial charge on any atom is 0.410 e. The van der Waals surface area contributed by atoms with Crippen LogP contribution in [0.4, 0.5) is 9.80 Å². The Bertz CT molecular complexity index is 1640. The highest BCUT2D eigenvalue weighted by atomic mass is 32.1. The molecule has 1 aromatic carbocycles. The molecule has 6 heterocycles. The van der Waals surface area contributed by atoms with Crippen LogP contribution in [-0.2, 0) is 14.2 Å². The van der Waals surface area contributed by atoms with Crippen LogP contribution in [0.1, 0.15) is 71.9 Å². The zero-order valence-corrected chi connectivity index (χ0v) is 28.2. The van der Waals surface area contributed by atoms with E-state index >= 15 is 0 Å². The number of ether oxygens (including phenoxy) is 4. The summed E-state index contributed by atoms with van der Waals surface area (Å²) in [5, 5.41) is 10.7. The van der Waals surface area contributed by atoms with Crippen LogP contribution >= 0.6 is 11.3 Å². The third-order valence-electron chi connectivity index (χ3n) is 9.31. The second-order valence-electron chi connectivity index (χ2n) is 13.7. The van der Waals surface area contributed by atoms with Gasteiger partial charge in [0.1, 0.15) is 28.8 Å². The molecule has 3 fully saturated rings. The van der Waals surface area contributed by atoms with Crippen molar-refractivity contribution in [3.05, 3.63) is 42.9 Å². The van der Waals surface area contributed by atoms with Crippen LogP contribution in [0, 0.1) is 0 Å². The Morgan fingerprint density at radius 2 is 1.89 bits per heavy atom. The predicted molar refractivity (Wildman–Crippen MR) is 178 cm³/mol. The minimum absolute atomic E-state index is 0.00731. The predicted octanol–water partition coefficient (Wildman–Crippen LogP) is 7.00. The molecular formula is C34H44N6O5S. The maximum absolute atomic E-state index is 12.9. The number of carbonyl (C=O) groups is 1. The van der Waals surface area contributed by atoms with Gasteiger partial charge in [-0.25, -0.2) is 14.2 Å². The second-order valence-corrected chi connectivity index (χ2v) is 14.7. The molecule has 3 saturated heterocycles. The second kappa shape index (κ2) is 12.5. The lowest BCUT2D eigenvalue weighted by atomic mass is 9.96. The summed E-state index contributed by atoms with van der Waals surface area (Å²) in [5.74, 6) is 0.681. The molecule has 2 unspecified atom stereocenters. The quantitative estimate of drug-likeness (QED) is 0.189. The summed E-state index contributed by atoms with van der Waals surface area (Å²) in [7, 11) is 3.79. The van der Waals surface area contributed by atoms with Gasteiger partial charge in [-0.05, 0) is 83.4 Å². The molecule has 7 rings (SSSR count). The van der Waals surface area contributed by atoms with E-state index in [2.05, 4.69) is 35.4 Å². The normalized spacial score (nSPS) is 23.2. The van der Waals surface area contributed by atoms with Crippen molar-refractivity contribution in [2.75, 3.05) is 32.5 Å². The zero-order valence-electron chi connectivity index (χ0n) is 27.3. The van der Waals surface area contributed by atoms with Crippen molar-refractivity contribution >= 4 is 32.6 Å². The van der Waals surface area contributed by atoms with Crippen molar-refractivity contribution < 1.29 is 23.7 Å². The molecule has 1 amide bonds. The fourth-order valence-corrected chi connectivity index (χ4v) is 8.11. The first-order valence-corrected chi connectivity index (χ1v) is 17.1. The monoisotopic (exact) mass is 648 g/mol. The number of methoxy groups -OCH3 is 1. The number of thiophene rings is 1. The van der Waals surface area contributed by atoms with Crippen LogP contribution in [0.2, 0.25) is 0 Å². The number of carbonyl (C=O) groups excluding carboxylic acids is 1. The molecular weight excluding hydrogens is 604 g/mol. The Morgan fingerprint density at radius 3 is 2.59 bits per heavy atom. The van der Waals surface area contributed by atoms with Crippen LogP contribution in [0.5, 0.6) is 5.75 Å². The fourth-order valence-electron chi connectivity index (χ4n) is 7.06. The van der Waals surface area contributed by atoms with Crippen molar-refractivity contribution in [2.45, 2.75) is 95.7 Å². The molecule has 4 aromatic rings. The van der Waals surface area contributed by atoms with Crippen LogP contribution in [0.25, 0.3) is 27.0 Å². The van der Waals surface area contributed by atoms with Gasteiger partial charge in [-0.3, -0.25) is 0 Å². The summed E-state index contributed by atoms with van der Waals surface area (Å²) in [4.78, 5) is 17.3. The Morgan fingerprint density at radius 1 is 1.09 bits per heavy atom. The first-order chi connectivity index (χ1) is 22.2. The number of hydrogen-bond acceptors (Lipinski definition) is 9. The number of hydrogen-bond donors (Lipinski definition) is 0. The standard InChI is InChI=1S/C34H44N6O5S/c1-34(2,3)45-33(41)40-24-10-11-25(40)16-26(15-24)37(4)32-17-27-30(46-32)20-38(36-27)28-12-9-22(14-29(28)44-21-42-5)23-18-35-39(19-23)31-8-6-7-13-43-31/h9,12,14,17-20,24-26,31H,6-8,10-11,13,15-16,21H2,1-5H3/t24-,25+,26?,31?. The van der Waals surface area contributed by atoms with Gasteiger partial charge in [0.2, 0.25) is 0 Å². The smallest absolute Gasteiger partial charge is 0.410 e. The van der Waals surface area contributed by atoms with Gasteiger partial charge in [-0.1, -0.05) is 6.07 Å². The molecule has 2 bridgehead atoms. The van der Waals surface area contributed by atoms with E-state index in [4.69, 9.17) is 24.0 Å². The summed E-state index contributed by atoms with van der Waals surface area (Å²) >= 11 is 1.74. The highest BCUT2D eigenvalue weighted by molar-refractivity contribution is 7.22. The van der Waals surface area contributed by atoms with E-state index in [0.717, 1.165) is 78.6 Å². The van der Waals surface area contributed by atoms with Crippen LogP contribution < -0.4 is 9.64 Å². The molecule has 0 radical (unpaired) electrons. The van der Waals surface area contributed by atoms with Crippen molar-refractivity contribution in [2.24, 2.45) is 0 Å². The number of anilines is 1. The molecule has 3 aliphatic heterocycles. The average Bonchev–Trinajstić information content (AvgIpc) is 3.81. The van der Waals surface area contributed by atoms with Crippen molar-refractivity contribution in [3.63, 3.8) is 0 Å². The summed E-state index contributed by atoms with van der Waals surface area (Å²) in [6.45, 7) is 6.70. The van der Waals surface area contributed by atoms with Crippen molar-refractivity contribution in [3.8, 4) is 22.6 Å². The van der Waals surface area contributed by atoms with E-state index in [1.807, 2.05) is 59.6 Å². The maximum atomic E-state index is 12.9. The van der Waals surface area contributed by atoms with E-state index in [1.165, 1.54) is 5.00 Å². The van der Waals surface area contributed by atoms with Gasteiger partial charge >= 0.3 is 6.09 Å². The summed E-state index contributed by atoms with van der Waals surface area (Å²) < 4.78 is 27.9. The van der Waals surface area contributed by atoms with Crippen LogP contribution in [0.15, 0.2) is 42.9 Å². The van der Waals surface area contributed by atoms with Gasteiger partial charge in [0.05, 0.1) is 15.9 Å². The highest BCUT2D eigenvalue weighted by Crippen LogP contribution is 2.42. The Balaban J connectivity index is 1.08. The molecule has 0 spiro atoms. The first-order valence-electron chi connectivity index (χ1n) is 16.3. The van der Waals surface area contributed by atoms with Crippen LogP contribution in [-0.4, -0.2) is 81.8 Å². The van der Waals surface area contributed by atoms with E-state index in [9.17, 15) is 4.79 Å². The first kappa shape index (κ1) is 31.0. The van der Waals surface area contributed by atoms with E-state index in [1.54, 1.807) is 18.4 Å². The molecule has 3 aliphatic rings. The van der Waals surface area contributed by atoms with Gasteiger partial charge in [-0.15, -0.1) is 11.3 Å². The third-order valence-corrected chi connectivity index (χ3v) is 10.5. The van der Waals surface area contributed by atoms with Gasteiger partial charge < -0.3 is 28.7 Å². The van der Waals surface area contributed by atoms with E-state index in [-0.39, 0.29) is 31.2 Å². The lowest BCUT2D eigenvalue weighted by Crippen LogP contribution is -2.53. The highest BCUT2D eigenvalue weighted by Gasteiger charge is 2.46. The Labute approximate surface area is 273 Å². The number of piperidine rings is 1. The molecule has 246 valence electrons. The third kappa shape index (κ3) is 6.22. The zero-order chi connectivity index (χ0) is 32.0.